The van der Waals surface area contributed by atoms with E-state index in [0.29, 0.717) is 5.56 Å². The van der Waals surface area contributed by atoms with Crippen molar-refractivity contribution in [2.24, 2.45) is 0 Å². The highest BCUT2D eigenvalue weighted by Gasteiger charge is 2.21. The molecule has 16 heavy (non-hydrogen) atoms. The van der Waals surface area contributed by atoms with Gasteiger partial charge in [-0.1, -0.05) is 30.3 Å². The summed E-state index contributed by atoms with van der Waals surface area (Å²) in [6, 6.07) is 8.21. The Morgan fingerprint density at radius 2 is 1.88 bits per heavy atom. The Morgan fingerprint density at radius 3 is 2.38 bits per heavy atom. The Balaban J connectivity index is 2.88. The SMILES string of the molecule is CNC(=O)C(NC(=O)OC)c1ccccc1. The van der Waals surface area contributed by atoms with Crippen molar-refractivity contribution < 1.29 is 14.3 Å². The van der Waals surface area contributed by atoms with E-state index in [1.165, 1.54) is 14.2 Å². The van der Waals surface area contributed by atoms with Crippen LogP contribution in [0.1, 0.15) is 11.6 Å². The van der Waals surface area contributed by atoms with E-state index in [9.17, 15) is 9.59 Å². The molecule has 0 aliphatic rings. The molecule has 0 spiro atoms. The normalized spacial score (nSPS) is 11.4. The van der Waals surface area contributed by atoms with Crippen LogP contribution in [0.4, 0.5) is 4.79 Å². The Morgan fingerprint density at radius 1 is 1.25 bits per heavy atom. The number of rotatable bonds is 3. The highest BCUT2D eigenvalue weighted by Crippen LogP contribution is 2.12. The van der Waals surface area contributed by atoms with E-state index in [2.05, 4.69) is 15.4 Å². The summed E-state index contributed by atoms with van der Waals surface area (Å²) in [6.07, 6.45) is -0.641. The second-order valence-electron chi connectivity index (χ2n) is 3.09. The Bertz CT molecular complexity index is 365. The first-order valence-electron chi connectivity index (χ1n) is 4.80. The summed E-state index contributed by atoms with van der Waals surface area (Å²) in [5, 5.41) is 4.94. The fourth-order valence-corrected chi connectivity index (χ4v) is 1.27. The Hall–Kier alpha value is -2.04. The topological polar surface area (TPSA) is 67.4 Å². The molecule has 0 radical (unpaired) electrons. The van der Waals surface area contributed by atoms with Crippen molar-refractivity contribution in [3.8, 4) is 0 Å². The first kappa shape index (κ1) is 12.0. The van der Waals surface area contributed by atoms with E-state index < -0.39 is 12.1 Å². The number of hydrogen-bond acceptors (Lipinski definition) is 3. The van der Waals surface area contributed by atoms with Gasteiger partial charge in [0, 0.05) is 7.05 Å². The van der Waals surface area contributed by atoms with Crippen molar-refractivity contribution >= 4 is 12.0 Å². The smallest absolute Gasteiger partial charge is 0.407 e. The maximum absolute atomic E-state index is 11.6. The predicted octanol–water partition coefficient (Wildman–Crippen LogP) is 0.830. The lowest BCUT2D eigenvalue weighted by molar-refractivity contribution is -0.122. The van der Waals surface area contributed by atoms with Crippen molar-refractivity contribution in [1.82, 2.24) is 10.6 Å². The molecule has 2 N–H and O–H groups in total. The lowest BCUT2D eigenvalue weighted by atomic mass is 10.1. The molecule has 0 bridgehead atoms. The molecule has 0 heterocycles. The maximum atomic E-state index is 11.6. The minimum atomic E-state index is -0.737. The minimum Gasteiger partial charge on any atom is -0.453 e. The standard InChI is InChI=1S/C11H14N2O3/c1-12-10(14)9(13-11(15)16-2)8-6-4-3-5-7-8/h3-7,9H,1-2H3,(H,12,14)(H,13,15). The number of amides is 2. The summed E-state index contributed by atoms with van der Waals surface area (Å²) in [4.78, 5) is 22.7. The first-order chi connectivity index (χ1) is 7.69. The number of methoxy groups -OCH3 is 1. The summed E-state index contributed by atoms with van der Waals surface area (Å²) in [5.41, 5.74) is 0.701. The summed E-state index contributed by atoms with van der Waals surface area (Å²) < 4.78 is 4.47. The molecule has 0 saturated carbocycles. The molecular weight excluding hydrogens is 208 g/mol. The number of carbonyl (C=O) groups is 2. The third kappa shape index (κ3) is 2.98. The molecule has 1 aromatic rings. The van der Waals surface area contributed by atoms with E-state index in [4.69, 9.17) is 0 Å². The molecule has 0 aromatic heterocycles. The zero-order valence-corrected chi connectivity index (χ0v) is 9.19. The molecule has 0 saturated heterocycles. The van der Waals surface area contributed by atoms with Crippen molar-refractivity contribution in [3.63, 3.8) is 0 Å². The van der Waals surface area contributed by atoms with Crippen LogP contribution in [0.15, 0.2) is 30.3 Å². The highest BCUT2D eigenvalue weighted by molar-refractivity contribution is 5.86. The van der Waals surface area contributed by atoms with Crippen LogP contribution < -0.4 is 10.6 Å². The van der Waals surface area contributed by atoms with Crippen LogP contribution in [0.3, 0.4) is 0 Å². The van der Waals surface area contributed by atoms with Gasteiger partial charge in [0.1, 0.15) is 6.04 Å². The fraction of sp³-hybridized carbons (Fsp3) is 0.273. The summed E-state index contributed by atoms with van der Waals surface area (Å²) >= 11 is 0. The van der Waals surface area contributed by atoms with Crippen LogP contribution in [0, 0.1) is 0 Å². The van der Waals surface area contributed by atoms with Gasteiger partial charge in [-0.25, -0.2) is 4.79 Å². The molecular formula is C11H14N2O3. The molecule has 1 unspecified atom stereocenters. The second kappa shape index (κ2) is 5.75. The first-order valence-corrected chi connectivity index (χ1v) is 4.80. The number of carbonyl (C=O) groups excluding carboxylic acids is 2. The van der Waals surface area contributed by atoms with Crippen LogP contribution >= 0.6 is 0 Å². The summed E-state index contributed by atoms with van der Waals surface area (Å²) in [5.74, 6) is -0.295. The maximum Gasteiger partial charge on any atom is 0.407 e. The third-order valence-corrected chi connectivity index (χ3v) is 2.09. The van der Waals surface area contributed by atoms with Crippen LogP contribution in [-0.2, 0) is 9.53 Å². The van der Waals surface area contributed by atoms with Gasteiger partial charge >= 0.3 is 6.09 Å². The molecule has 0 aliphatic heterocycles. The molecule has 86 valence electrons. The fourth-order valence-electron chi connectivity index (χ4n) is 1.27. The number of benzene rings is 1. The predicted molar refractivity (Wildman–Crippen MR) is 58.8 cm³/mol. The van der Waals surface area contributed by atoms with Crippen molar-refractivity contribution in [3.05, 3.63) is 35.9 Å². The van der Waals surface area contributed by atoms with Gasteiger partial charge in [-0.3, -0.25) is 4.79 Å². The molecule has 0 fully saturated rings. The number of ether oxygens (including phenoxy) is 1. The van der Waals surface area contributed by atoms with Gasteiger partial charge < -0.3 is 15.4 Å². The van der Waals surface area contributed by atoms with Crippen LogP contribution in [-0.4, -0.2) is 26.2 Å². The van der Waals surface area contributed by atoms with Crippen molar-refractivity contribution in [1.29, 1.82) is 0 Å². The molecule has 1 atom stereocenters. The summed E-state index contributed by atoms with van der Waals surface area (Å²) in [6.45, 7) is 0. The highest BCUT2D eigenvalue weighted by atomic mass is 16.5. The minimum absolute atomic E-state index is 0.295. The quantitative estimate of drug-likeness (QED) is 0.796. The van der Waals surface area contributed by atoms with Crippen LogP contribution in [0.2, 0.25) is 0 Å². The van der Waals surface area contributed by atoms with Gasteiger partial charge in [0.15, 0.2) is 0 Å². The average molecular weight is 222 g/mol. The Kier molecular flexibility index (Phi) is 4.32. The number of hydrogen-bond donors (Lipinski definition) is 2. The largest absolute Gasteiger partial charge is 0.453 e. The number of likely N-dealkylation sites (N-methyl/N-ethyl adjacent to an activating group) is 1. The average Bonchev–Trinajstić information content (AvgIpc) is 2.35. The lowest BCUT2D eigenvalue weighted by Gasteiger charge is -2.16. The van der Waals surface area contributed by atoms with Crippen molar-refractivity contribution in [2.75, 3.05) is 14.2 Å². The summed E-state index contributed by atoms with van der Waals surface area (Å²) in [7, 11) is 2.76. The van der Waals surface area contributed by atoms with Gasteiger partial charge in [-0.15, -0.1) is 0 Å². The molecule has 0 aliphatic carbocycles. The van der Waals surface area contributed by atoms with Gasteiger partial charge in [0.25, 0.3) is 0 Å². The van der Waals surface area contributed by atoms with Gasteiger partial charge in [-0.2, -0.15) is 0 Å². The van der Waals surface area contributed by atoms with Crippen molar-refractivity contribution in [2.45, 2.75) is 6.04 Å². The zero-order chi connectivity index (χ0) is 12.0. The zero-order valence-electron chi connectivity index (χ0n) is 9.19. The van der Waals surface area contributed by atoms with E-state index >= 15 is 0 Å². The molecule has 1 aromatic carbocycles. The number of nitrogens with one attached hydrogen (secondary N) is 2. The van der Waals surface area contributed by atoms with E-state index in [-0.39, 0.29) is 5.91 Å². The van der Waals surface area contributed by atoms with Crippen LogP contribution in [0.25, 0.3) is 0 Å². The molecule has 5 nitrogen and oxygen atoms in total. The molecule has 1 rings (SSSR count). The molecule has 2 amide bonds. The third-order valence-electron chi connectivity index (χ3n) is 2.09. The van der Waals surface area contributed by atoms with E-state index in [1.54, 1.807) is 24.3 Å². The van der Waals surface area contributed by atoms with Crippen LogP contribution in [0.5, 0.6) is 0 Å². The number of alkyl carbamates (subject to hydrolysis) is 1. The van der Waals surface area contributed by atoms with Gasteiger partial charge in [0.05, 0.1) is 7.11 Å². The lowest BCUT2D eigenvalue weighted by Crippen LogP contribution is -2.38. The Labute approximate surface area is 93.8 Å². The second-order valence-corrected chi connectivity index (χ2v) is 3.09. The molecule has 5 heteroatoms. The van der Waals surface area contributed by atoms with Gasteiger partial charge in [-0.05, 0) is 5.56 Å². The van der Waals surface area contributed by atoms with Gasteiger partial charge in [0.2, 0.25) is 5.91 Å². The van der Waals surface area contributed by atoms with E-state index in [0.717, 1.165) is 0 Å². The van der Waals surface area contributed by atoms with E-state index in [1.807, 2.05) is 6.07 Å². The monoisotopic (exact) mass is 222 g/mol.